The van der Waals surface area contributed by atoms with Crippen LogP contribution in [0.15, 0.2) is 18.2 Å². The van der Waals surface area contributed by atoms with Crippen molar-refractivity contribution in [2.24, 2.45) is 0 Å². The van der Waals surface area contributed by atoms with Gasteiger partial charge in [-0.05, 0) is 12.1 Å². The van der Waals surface area contributed by atoms with Gasteiger partial charge in [-0.1, -0.05) is 6.07 Å². The van der Waals surface area contributed by atoms with E-state index in [2.05, 4.69) is 6.07 Å². The molecule has 1 rings (SSSR count). The van der Waals surface area contributed by atoms with Crippen molar-refractivity contribution in [1.82, 2.24) is 0 Å². The maximum Gasteiger partial charge on any atom is 0.135 e. The predicted octanol–water partition coefficient (Wildman–Crippen LogP) is -1.36. The summed E-state index contributed by atoms with van der Waals surface area (Å²) in [7, 11) is 1.48. The second kappa shape index (κ2) is 6.57. The zero-order valence-corrected chi connectivity index (χ0v) is 9.83. The molecule has 0 spiro atoms. The van der Waals surface area contributed by atoms with Crippen molar-refractivity contribution in [3.05, 3.63) is 30.1 Å². The number of benzene rings is 1. The molecule has 0 fully saturated rings. The molecule has 4 heteroatoms. The fraction of sp³-hybridized carbons (Fsp3) is 0.143. The van der Waals surface area contributed by atoms with Crippen molar-refractivity contribution in [1.29, 1.82) is 0 Å². The van der Waals surface area contributed by atoms with Gasteiger partial charge in [0.25, 0.3) is 0 Å². The average molecular weight is 226 g/mol. The minimum Gasteiger partial charge on any atom is -1.00 e. The molecule has 1 aromatic rings. The van der Waals surface area contributed by atoms with E-state index in [0.717, 1.165) is 0 Å². The van der Waals surface area contributed by atoms with E-state index in [1.165, 1.54) is 13.2 Å². The van der Waals surface area contributed by atoms with E-state index in [1.54, 1.807) is 12.1 Å². The van der Waals surface area contributed by atoms with Gasteiger partial charge in [0, 0.05) is 19.5 Å². The molecule has 1 aromatic carbocycles. The Kier molecular flexibility index (Phi) is 8.03. The van der Waals surface area contributed by atoms with Gasteiger partial charge in [-0.2, -0.15) is 0 Å². The van der Waals surface area contributed by atoms with Crippen LogP contribution in [-0.2, 0) is 19.5 Å². The summed E-state index contributed by atoms with van der Waals surface area (Å²) in [4.78, 5) is 0. The van der Waals surface area contributed by atoms with Gasteiger partial charge < -0.3 is 17.1 Å². The van der Waals surface area contributed by atoms with E-state index in [9.17, 15) is 4.39 Å². The fourth-order valence-electron chi connectivity index (χ4n) is 0.540. The van der Waals surface area contributed by atoms with Crippen LogP contribution in [0.5, 0.6) is 5.75 Å². The number of hydrogen-bond donors (Lipinski definition) is 0. The van der Waals surface area contributed by atoms with Crippen LogP contribution in [0, 0.1) is 11.9 Å². The summed E-state index contributed by atoms with van der Waals surface area (Å²) in [6.45, 7) is 0. The molecule has 0 aliphatic rings. The number of hydrogen-bond acceptors (Lipinski definition) is 1. The molecular weight excluding hydrogens is 220 g/mol. The van der Waals surface area contributed by atoms with Crippen LogP contribution in [0.25, 0.3) is 0 Å². The molecule has 0 N–H and O–H groups in total. The number of ether oxygens (including phenoxy) is 1. The zero-order chi connectivity index (χ0) is 6.69. The minimum atomic E-state index is -0.394. The Bertz CT molecular complexity index is 207. The SMILES string of the molecule is COc1[c]c(F)ccc1.[Cl-].[Zn]. The summed E-state index contributed by atoms with van der Waals surface area (Å²) < 4.78 is 16.9. The largest absolute Gasteiger partial charge is 1.00 e. The molecule has 0 aromatic heterocycles. The van der Waals surface area contributed by atoms with Gasteiger partial charge >= 0.3 is 0 Å². The molecule has 1 radical (unpaired) electrons. The van der Waals surface area contributed by atoms with Crippen LogP contribution < -0.4 is 17.1 Å². The van der Waals surface area contributed by atoms with Crippen LogP contribution in [-0.4, -0.2) is 7.11 Å². The topological polar surface area (TPSA) is 9.23 Å². The van der Waals surface area contributed by atoms with Crippen LogP contribution in [0.4, 0.5) is 4.39 Å². The summed E-state index contributed by atoms with van der Waals surface area (Å²) in [5, 5.41) is 0. The first kappa shape index (κ1) is 13.5. The van der Waals surface area contributed by atoms with Crippen molar-refractivity contribution in [3.8, 4) is 5.75 Å². The van der Waals surface area contributed by atoms with Gasteiger partial charge in [-0.25, -0.2) is 4.39 Å². The Balaban J connectivity index is 0. The van der Waals surface area contributed by atoms with Crippen LogP contribution in [0.1, 0.15) is 0 Å². The van der Waals surface area contributed by atoms with E-state index < -0.39 is 5.82 Å². The Hall–Kier alpha value is -0.137. The van der Waals surface area contributed by atoms with Gasteiger partial charge in [-0.3, -0.25) is 0 Å². The van der Waals surface area contributed by atoms with Gasteiger partial charge in [0.05, 0.1) is 13.2 Å². The molecule has 0 unspecified atom stereocenters. The molecule has 0 heterocycles. The summed E-state index contributed by atoms with van der Waals surface area (Å²) in [5.41, 5.74) is 0. The minimum absolute atomic E-state index is 0. The third kappa shape index (κ3) is 4.33. The third-order valence-electron chi connectivity index (χ3n) is 0.953. The monoisotopic (exact) mass is 224 g/mol. The van der Waals surface area contributed by atoms with Crippen LogP contribution in [0.3, 0.4) is 0 Å². The Labute approximate surface area is 84.1 Å². The van der Waals surface area contributed by atoms with E-state index in [4.69, 9.17) is 4.74 Å². The van der Waals surface area contributed by atoms with Gasteiger partial charge in [0.15, 0.2) is 0 Å². The van der Waals surface area contributed by atoms with Gasteiger partial charge in [-0.15, -0.1) is 0 Å². The third-order valence-corrected chi connectivity index (χ3v) is 0.953. The molecule has 1 nitrogen and oxygen atoms in total. The summed E-state index contributed by atoms with van der Waals surface area (Å²) in [6.07, 6.45) is 0. The van der Waals surface area contributed by atoms with Gasteiger partial charge in [0.1, 0.15) is 11.6 Å². The Morgan fingerprint density at radius 2 is 2.09 bits per heavy atom. The Morgan fingerprint density at radius 1 is 1.45 bits per heavy atom. The molecule has 57 valence electrons. The standard InChI is InChI=1S/C7H6FO.ClH.Zn/c1-9-7-4-2-3-6(8)5-7;;/h2-4H,1H3;1H;/p-1. The molecule has 0 aliphatic heterocycles. The molecular formula is C7H6ClFOZn-. The summed E-state index contributed by atoms with van der Waals surface area (Å²) in [5.74, 6) is 0.0318. The fourth-order valence-corrected chi connectivity index (χ4v) is 0.540. The van der Waals surface area contributed by atoms with E-state index in [1.807, 2.05) is 0 Å². The zero-order valence-electron chi connectivity index (χ0n) is 6.10. The quantitative estimate of drug-likeness (QED) is 0.537. The molecule has 0 saturated heterocycles. The van der Waals surface area contributed by atoms with Crippen molar-refractivity contribution in [2.75, 3.05) is 7.11 Å². The smallest absolute Gasteiger partial charge is 0.135 e. The Morgan fingerprint density at radius 3 is 2.45 bits per heavy atom. The molecule has 11 heavy (non-hydrogen) atoms. The first-order valence-electron chi connectivity index (χ1n) is 2.55. The molecule has 0 saturated carbocycles. The van der Waals surface area contributed by atoms with Crippen LogP contribution >= 0.6 is 0 Å². The summed E-state index contributed by atoms with van der Waals surface area (Å²) in [6, 6.07) is 6.91. The van der Waals surface area contributed by atoms with Crippen molar-refractivity contribution in [2.45, 2.75) is 0 Å². The number of halogens is 2. The van der Waals surface area contributed by atoms with E-state index in [-0.39, 0.29) is 31.9 Å². The van der Waals surface area contributed by atoms with Gasteiger partial charge in [0.2, 0.25) is 0 Å². The van der Waals surface area contributed by atoms with E-state index in [0.29, 0.717) is 5.75 Å². The average Bonchev–Trinajstić information content (AvgIpc) is 1.88. The van der Waals surface area contributed by atoms with Crippen molar-refractivity contribution >= 4 is 0 Å². The van der Waals surface area contributed by atoms with Crippen molar-refractivity contribution < 1.29 is 41.0 Å². The van der Waals surface area contributed by atoms with Crippen molar-refractivity contribution in [3.63, 3.8) is 0 Å². The molecule has 0 amide bonds. The maximum atomic E-state index is 12.2. The first-order chi connectivity index (χ1) is 4.33. The van der Waals surface area contributed by atoms with Crippen LogP contribution in [0.2, 0.25) is 0 Å². The normalized spacial score (nSPS) is 7.45. The maximum absolute atomic E-state index is 12.2. The van der Waals surface area contributed by atoms with E-state index >= 15 is 0 Å². The number of methoxy groups -OCH3 is 1. The molecule has 0 aliphatic carbocycles. The summed E-state index contributed by atoms with van der Waals surface area (Å²) >= 11 is 0. The number of rotatable bonds is 1. The predicted molar refractivity (Wildman–Crippen MR) is 31.8 cm³/mol. The molecule has 0 atom stereocenters. The second-order valence-corrected chi connectivity index (χ2v) is 1.57. The molecule has 0 bridgehead atoms. The first-order valence-corrected chi connectivity index (χ1v) is 2.55. The second-order valence-electron chi connectivity index (χ2n) is 1.57.